The summed E-state index contributed by atoms with van der Waals surface area (Å²) in [5.74, 6) is 1.21. The minimum atomic E-state index is -4.54. The van der Waals surface area contributed by atoms with E-state index < -0.39 is 17.6 Å². The average molecular weight is 559 g/mol. The van der Waals surface area contributed by atoms with Crippen LogP contribution >= 0.6 is 0 Å². The van der Waals surface area contributed by atoms with Gasteiger partial charge in [-0.15, -0.1) is 0 Å². The summed E-state index contributed by atoms with van der Waals surface area (Å²) >= 11 is 0. The van der Waals surface area contributed by atoms with Gasteiger partial charge in [-0.1, -0.05) is 12.1 Å². The van der Waals surface area contributed by atoms with Gasteiger partial charge >= 0.3 is 6.18 Å². The quantitative estimate of drug-likeness (QED) is 0.261. The highest BCUT2D eigenvalue weighted by molar-refractivity contribution is 6.04. The van der Waals surface area contributed by atoms with Crippen LogP contribution in [-0.4, -0.2) is 35.5 Å². The molecule has 9 nitrogen and oxygen atoms in total. The Kier molecular flexibility index (Phi) is 5.80. The van der Waals surface area contributed by atoms with Crippen molar-refractivity contribution in [2.24, 2.45) is 0 Å². The highest BCUT2D eigenvalue weighted by atomic mass is 19.4. The van der Waals surface area contributed by atoms with E-state index in [9.17, 15) is 18.0 Å². The fraction of sp³-hybridized carbons (Fsp3) is 0.276. The molecule has 0 bridgehead atoms. The summed E-state index contributed by atoms with van der Waals surface area (Å²) in [6, 6.07) is 8.32. The lowest BCUT2D eigenvalue weighted by Crippen LogP contribution is -2.15. The zero-order valence-electron chi connectivity index (χ0n) is 21.7. The molecule has 1 unspecified atom stereocenters. The van der Waals surface area contributed by atoms with Crippen molar-refractivity contribution in [3.8, 4) is 11.3 Å². The van der Waals surface area contributed by atoms with E-state index in [1.807, 2.05) is 10.6 Å². The number of rotatable bonds is 5. The molecule has 0 saturated heterocycles. The number of aryl methyl sites for hydroxylation is 1. The Balaban J connectivity index is 1.18. The van der Waals surface area contributed by atoms with Gasteiger partial charge in [0.25, 0.3) is 5.91 Å². The molecule has 0 spiro atoms. The van der Waals surface area contributed by atoms with Crippen molar-refractivity contribution >= 4 is 23.1 Å². The first-order chi connectivity index (χ1) is 19.8. The Morgan fingerprint density at radius 2 is 1.85 bits per heavy atom. The molecular weight excluding hydrogens is 533 g/mol. The molecule has 1 fully saturated rings. The maximum atomic E-state index is 13.0. The number of carbonyl (C=O) groups is 1. The molecule has 7 rings (SSSR count). The number of pyridine rings is 1. The molecule has 4 aromatic heterocycles. The highest BCUT2D eigenvalue weighted by Gasteiger charge is 2.35. The number of carbonyl (C=O) groups excluding carboxylic acids is 1. The number of halogens is 3. The number of H-pyrrole nitrogens is 1. The summed E-state index contributed by atoms with van der Waals surface area (Å²) in [7, 11) is 0. The summed E-state index contributed by atoms with van der Waals surface area (Å²) in [6.07, 6.45) is 5.04. The smallest absolute Gasteiger partial charge is 0.382 e. The van der Waals surface area contributed by atoms with E-state index >= 15 is 0 Å². The lowest BCUT2D eigenvalue weighted by Gasteiger charge is -2.21. The topological polar surface area (TPSA) is 127 Å². The van der Waals surface area contributed by atoms with Gasteiger partial charge in [0.05, 0.1) is 11.3 Å². The Bertz CT molecular complexity index is 1790. The fourth-order valence-electron chi connectivity index (χ4n) is 5.65. The normalized spacial score (nSPS) is 17.0. The molecule has 5 aromatic rings. The van der Waals surface area contributed by atoms with E-state index in [1.165, 1.54) is 29.8 Å². The molecular formula is C29H25F3N8O. The van der Waals surface area contributed by atoms with E-state index in [0.29, 0.717) is 22.9 Å². The Morgan fingerprint density at radius 3 is 2.61 bits per heavy atom. The van der Waals surface area contributed by atoms with Crippen LogP contribution < -0.4 is 11.1 Å². The Hall–Kier alpha value is -4.74. The van der Waals surface area contributed by atoms with Gasteiger partial charge in [-0.3, -0.25) is 14.3 Å². The monoisotopic (exact) mass is 558 g/mol. The first-order valence-electron chi connectivity index (χ1n) is 13.4. The van der Waals surface area contributed by atoms with Crippen LogP contribution in [0.1, 0.15) is 69.8 Å². The third kappa shape index (κ3) is 4.58. The molecule has 1 atom stereocenters. The first-order valence-corrected chi connectivity index (χ1v) is 13.4. The number of aromatic nitrogens is 6. The Labute approximate surface area is 232 Å². The summed E-state index contributed by atoms with van der Waals surface area (Å²) < 4.78 is 41.1. The van der Waals surface area contributed by atoms with Gasteiger partial charge in [-0.2, -0.15) is 18.3 Å². The third-order valence-corrected chi connectivity index (χ3v) is 7.87. The maximum Gasteiger partial charge on any atom is 0.416 e. The van der Waals surface area contributed by atoms with Crippen molar-refractivity contribution in [2.45, 2.75) is 50.1 Å². The minimum absolute atomic E-state index is 0.172. The van der Waals surface area contributed by atoms with Crippen molar-refractivity contribution in [3.05, 3.63) is 88.9 Å². The van der Waals surface area contributed by atoms with Crippen LogP contribution in [0.4, 0.5) is 24.8 Å². The van der Waals surface area contributed by atoms with Crippen LogP contribution in [0, 0.1) is 0 Å². The largest absolute Gasteiger partial charge is 0.416 e. The molecule has 41 heavy (non-hydrogen) atoms. The van der Waals surface area contributed by atoms with Crippen molar-refractivity contribution in [1.82, 2.24) is 29.5 Å². The van der Waals surface area contributed by atoms with Crippen molar-refractivity contribution in [3.63, 3.8) is 0 Å². The van der Waals surface area contributed by atoms with Gasteiger partial charge < -0.3 is 11.1 Å². The molecule has 1 saturated carbocycles. The molecule has 0 radical (unpaired) electrons. The zero-order valence-corrected chi connectivity index (χ0v) is 21.7. The van der Waals surface area contributed by atoms with E-state index in [-0.39, 0.29) is 17.3 Å². The van der Waals surface area contributed by atoms with Crippen LogP contribution in [-0.2, 0) is 19.0 Å². The molecule has 4 heterocycles. The number of alkyl halides is 3. The summed E-state index contributed by atoms with van der Waals surface area (Å²) in [5.41, 5.74) is 11.5. The van der Waals surface area contributed by atoms with Crippen LogP contribution in [0.15, 0.2) is 55.0 Å². The molecule has 2 aliphatic carbocycles. The number of nitrogens with one attached hydrogen (secondary N) is 2. The number of nitrogen functional groups attached to an aromatic ring is 1. The fourth-order valence-corrected chi connectivity index (χ4v) is 5.65. The SMILES string of the molecule is Nc1nccn2c(C3CCc4[nH]nc(C5CC5)c4C3)nc(-c3ccc(C(=O)Nc4cc(C(F)(F)F)ccn4)cc3)c12. The number of fused-ring (bicyclic) bond motifs is 2. The molecule has 4 N–H and O–H groups in total. The van der Waals surface area contributed by atoms with Gasteiger partial charge in [0, 0.05) is 47.2 Å². The number of nitrogens with zero attached hydrogens (tertiary/aromatic N) is 5. The molecule has 208 valence electrons. The highest BCUT2D eigenvalue weighted by Crippen LogP contribution is 2.44. The molecule has 2 aliphatic rings. The predicted octanol–water partition coefficient (Wildman–Crippen LogP) is 5.52. The second kappa shape index (κ2) is 9.43. The van der Waals surface area contributed by atoms with Crippen molar-refractivity contribution < 1.29 is 18.0 Å². The van der Waals surface area contributed by atoms with Crippen molar-refractivity contribution in [2.75, 3.05) is 11.1 Å². The summed E-state index contributed by atoms with van der Waals surface area (Å²) in [5, 5.41) is 10.3. The summed E-state index contributed by atoms with van der Waals surface area (Å²) in [4.78, 5) is 26.0. The van der Waals surface area contributed by atoms with Crippen LogP contribution in [0.2, 0.25) is 0 Å². The van der Waals surface area contributed by atoms with E-state index in [2.05, 4.69) is 25.5 Å². The van der Waals surface area contributed by atoms with Gasteiger partial charge in [-0.05, 0) is 61.9 Å². The van der Waals surface area contributed by atoms with E-state index in [1.54, 1.807) is 30.5 Å². The number of hydrogen-bond acceptors (Lipinski definition) is 6. The number of anilines is 2. The van der Waals surface area contributed by atoms with Gasteiger partial charge in [0.2, 0.25) is 0 Å². The number of hydrogen-bond donors (Lipinski definition) is 3. The van der Waals surface area contributed by atoms with E-state index in [4.69, 9.17) is 10.7 Å². The number of nitrogens with two attached hydrogens (primary N) is 1. The lowest BCUT2D eigenvalue weighted by atomic mass is 9.85. The van der Waals surface area contributed by atoms with Crippen molar-refractivity contribution in [1.29, 1.82) is 0 Å². The van der Waals surface area contributed by atoms with Crippen LogP contribution in [0.5, 0.6) is 0 Å². The Morgan fingerprint density at radius 1 is 1.05 bits per heavy atom. The molecule has 0 aliphatic heterocycles. The molecule has 12 heteroatoms. The second-order valence-electron chi connectivity index (χ2n) is 10.6. The van der Waals surface area contributed by atoms with Gasteiger partial charge in [-0.25, -0.2) is 15.0 Å². The number of aromatic amines is 1. The zero-order chi connectivity index (χ0) is 28.3. The van der Waals surface area contributed by atoms with Crippen LogP contribution in [0.25, 0.3) is 16.8 Å². The van der Waals surface area contributed by atoms with E-state index in [0.717, 1.165) is 49.0 Å². The maximum absolute atomic E-state index is 13.0. The standard InChI is InChI=1S/C29H25F3N8O/c30-29(31,32)19-9-10-34-22(14-19)36-28(41)17-5-3-16(4-6-17)24-25-26(33)35-11-12-40(25)27(37-24)18-7-8-21-20(13-18)23(39-38-21)15-1-2-15/h3-6,9-12,14-15,18H,1-2,7-8,13H2,(H2,33,35)(H,38,39)(H,34,36,41). The predicted molar refractivity (Wildman–Crippen MR) is 145 cm³/mol. The lowest BCUT2D eigenvalue weighted by molar-refractivity contribution is -0.137. The second-order valence-corrected chi connectivity index (χ2v) is 10.6. The summed E-state index contributed by atoms with van der Waals surface area (Å²) in [6.45, 7) is 0. The molecule has 1 aromatic carbocycles. The van der Waals surface area contributed by atoms with Crippen LogP contribution in [0.3, 0.4) is 0 Å². The molecule has 1 amide bonds. The minimum Gasteiger partial charge on any atom is -0.382 e. The average Bonchev–Trinajstić information content (AvgIpc) is 3.59. The van der Waals surface area contributed by atoms with Gasteiger partial charge in [0.15, 0.2) is 0 Å². The number of imidazole rings is 1. The number of benzene rings is 1. The third-order valence-electron chi connectivity index (χ3n) is 7.87. The first kappa shape index (κ1) is 25.2. The van der Waals surface area contributed by atoms with Gasteiger partial charge in [0.1, 0.15) is 28.7 Å². The number of amides is 1.